The van der Waals surface area contributed by atoms with Gasteiger partial charge in [-0.1, -0.05) is 27.2 Å². The van der Waals surface area contributed by atoms with Crippen LogP contribution in [-0.4, -0.2) is 51.0 Å². The fraction of sp³-hybridized carbons (Fsp3) is 0.500. The molecule has 2 aromatic rings. The quantitative estimate of drug-likeness (QED) is 0.851. The molecule has 1 saturated heterocycles. The summed E-state index contributed by atoms with van der Waals surface area (Å²) in [4.78, 5) is 15.2. The fourth-order valence-electron chi connectivity index (χ4n) is 3.49. The van der Waals surface area contributed by atoms with Gasteiger partial charge in [-0.15, -0.1) is 5.10 Å². The molecule has 1 aliphatic carbocycles. The van der Waals surface area contributed by atoms with E-state index in [1.54, 1.807) is 4.68 Å². The van der Waals surface area contributed by atoms with E-state index in [9.17, 15) is 4.79 Å². The second kappa shape index (κ2) is 6.88. The molecule has 0 atom stereocenters. The highest BCUT2D eigenvalue weighted by Gasteiger charge is 2.32. The van der Waals surface area contributed by atoms with Crippen LogP contribution in [0, 0.1) is 6.92 Å². The molecule has 2 fully saturated rings. The first-order valence-corrected chi connectivity index (χ1v) is 9.64. The molecule has 1 aliphatic heterocycles. The molecule has 1 aromatic carbocycles. The highest BCUT2D eigenvalue weighted by molar-refractivity contribution is 9.10. The molecule has 1 N–H and O–H groups in total. The van der Waals surface area contributed by atoms with Crippen molar-refractivity contribution in [3.63, 3.8) is 0 Å². The van der Waals surface area contributed by atoms with Crippen LogP contribution in [0.2, 0.25) is 0 Å². The van der Waals surface area contributed by atoms with Crippen molar-refractivity contribution < 1.29 is 4.79 Å². The van der Waals surface area contributed by atoms with Gasteiger partial charge in [-0.25, -0.2) is 4.68 Å². The molecule has 2 heterocycles. The van der Waals surface area contributed by atoms with Crippen LogP contribution in [0.25, 0.3) is 5.69 Å². The maximum absolute atomic E-state index is 12.6. The van der Waals surface area contributed by atoms with Gasteiger partial charge in [0.15, 0.2) is 5.69 Å². The second-order valence-electron chi connectivity index (χ2n) is 6.93. The minimum atomic E-state index is -0.122. The SMILES string of the molecule is Cc1c(C(=O)NC2CCN(C3CC3)CC2)nnn1-c1cccc(Br)c1. The van der Waals surface area contributed by atoms with Gasteiger partial charge in [-0.3, -0.25) is 4.79 Å². The number of carbonyl (C=O) groups excluding carboxylic acids is 1. The zero-order chi connectivity index (χ0) is 17.4. The first kappa shape index (κ1) is 16.7. The van der Waals surface area contributed by atoms with E-state index in [1.165, 1.54) is 12.8 Å². The van der Waals surface area contributed by atoms with E-state index in [0.29, 0.717) is 5.69 Å². The molecule has 2 aliphatic rings. The molecular formula is C18H22BrN5O. The summed E-state index contributed by atoms with van der Waals surface area (Å²) < 4.78 is 2.67. The van der Waals surface area contributed by atoms with E-state index in [0.717, 1.165) is 47.8 Å². The minimum absolute atomic E-state index is 0.122. The van der Waals surface area contributed by atoms with E-state index in [-0.39, 0.29) is 11.9 Å². The van der Waals surface area contributed by atoms with Crippen LogP contribution in [0.3, 0.4) is 0 Å². The van der Waals surface area contributed by atoms with E-state index in [1.807, 2.05) is 31.2 Å². The van der Waals surface area contributed by atoms with Crippen molar-refractivity contribution in [3.8, 4) is 5.69 Å². The average Bonchev–Trinajstić information content (AvgIpc) is 3.38. The first-order chi connectivity index (χ1) is 12.1. The Balaban J connectivity index is 1.42. The monoisotopic (exact) mass is 403 g/mol. The molecule has 1 aromatic heterocycles. The smallest absolute Gasteiger partial charge is 0.273 e. The van der Waals surface area contributed by atoms with E-state index in [4.69, 9.17) is 0 Å². The summed E-state index contributed by atoms with van der Waals surface area (Å²) in [5.41, 5.74) is 2.05. The number of likely N-dealkylation sites (tertiary alicyclic amines) is 1. The standard InChI is InChI=1S/C18H22BrN5O/c1-12-17(21-22-24(12)16-4-2-3-13(19)11-16)18(25)20-14-7-9-23(10-8-14)15-5-6-15/h2-4,11,14-15H,5-10H2,1H3,(H,20,25). The zero-order valence-corrected chi connectivity index (χ0v) is 15.9. The lowest BCUT2D eigenvalue weighted by Gasteiger charge is -2.32. The van der Waals surface area contributed by atoms with Crippen molar-refractivity contribution in [2.45, 2.75) is 44.7 Å². The largest absolute Gasteiger partial charge is 0.348 e. The summed E-state index contributed by atoms with van der Waals surface area (Å²) in [5, 5.41) is 11.4. The Morgan fingerprint density at radius 1 is 1.24 bits per heavy atom. The number of benzene rings is 1. The number of nitrogens with zero attached hydrogens (tertiary/aromatic N) is 4. The number of amides is 1. The molecule has 25 heavy (non-hydrogen) atoms. The zero-order valence-electron chi connectivity index (χ0n) is 14.3. The highest BCUT2D eigenvalue weighted by atomic mass is 79.9. The van der Waals surface area contributed by atoms with Gasteiger partial charge in [-0.05, 0) is 50.8 Å². The molecule has 0 unspecified atom stereocenters. The number of rotatable bonds is 4. The third kappa shape index (κ3) is 3.62. The van der Waals surface area contributed by atoms with Crippen molar-refractivity contribution in [3.05, 3.63) is 40.1 Å². The molecule has 1 saturated carbocycles. The summed E-state index contributed by atoms with van der Waals surface area (Å²) >= 11 is 3.46. The molecule has 0 spiro atoms. The summed E-state index contributed by atoms with van der Waals surface area (Å²) in [6.07, 6.45) is 4.71. The molecule has 6 nitrogen and oxygen atoms in total. The number of hydrogen-bond acceptors (Lipinski definition) is 4. The molecule has 1 amide bonds. The normalized spacial score (nSPS) is 19.1. The second-order valence-corrected chi connectivity index (χ2v) is 7.85. The van der Waals surface area contributed by atoms with Gasteiger partial charge in [-0.2, -0.15) is 0 Å². The molecule has 7 heteroatoms. The average molecular weight is 404 g/mol. The van der Waals surface area contributed by atoms with Crippen molar-refractivity contribution >= 4 is 21.8 Å². The van der Waals surface area contributed by atoms with Crippen LogP contribution in [0.4, 0.5) is 0 Å². The number of carbonyl (C=O) groups is 1. The van der Waals surface area contributed by atoms with Crippen LogP contribution in [0.15, 0.2) is 28.7 Å². The molecule has 4 rings (SSSR count). The lowest BCUT2D eigenvalue weighted by Crippen LogP contribution is -2.45. The predicted octanol–water partition coefficient (Wildman–Crippen LogP) is 2.69. The molecular weight excluding hydrogens is 382 g/mol. The molecule has 0 bridgehead atoms. The van der Waals surface area contributed by atoms with Crippen LogP contribution >= 0.6 is 15.9 Å². The Hall–Kier alpha value is -1.73. The van der Waals surface area contributed by atoms with Gasteiger partial charge >= 0.3 is 0 Å². The predicted molar refractivity (Wildman–Crippen MR) is 98.9 cm³/mol. The summed E-state index contributed by atoms with van der Waals surface area (Å²) in [6.45, 7) is 4.05. The van der Waals surface area contributed by atoms with Crippen molar-refractivity contribution in [2.75, 3.05) is 13.1 Å². The van der Waals surface area contributed by atoms with Gasteiger partial charge in [0, 0.05) is 29.6 Å². The van der Waals surface area contributed by atoms with Gasteiger partial charge in [0.05, 0.1) is 11.4 Å². The number of hydrogen-bond donors (Lipinski definition) is 1. The third-order valence-electron chi connectivity index (χ3n) is 5.09. The van der Waals surface area contributed by atoms with E-state index < -0.39 is 0 Å². The van der Waals surface area contributed by atoms with Gasteiger partial charge in [0.1, 0.15) is 0 Å². The van der Waals surface area contributed by atoms with E-state index in [2.05, 4.69) is 36.5 Å². The Morgan fingerprint density at radius 2 is 2.00 bits per heavy atom. The van der Waals surface area contributed by atoms with Crippen molar-refractivity contribution in [2.24, 2.45) is 0 Å². The first-order valence-electron chi connectivity index (χ1n) is 8.85. The molecule has 132 valence electrons. The third-order valence-corrected chi connectivity index (χ3v) is 5.58. The van der Waals surface area contributed by atoms with Crippen LogP contribution in [0.1, 0.15) is 41.9 Å². The Kier molecular flexibility index (Phi) is 4.60. The minimum Gasteiger partial charge on any atom is -0.348 e. The Morgan fingerprint density at radius 3 is 2.68 bits per heavy atom. The number of piperidine rings is 1. The summed E-state index contributed by atoms with van der Waals surface area (Å²) in [5.74, 6) is -0.122. The lowest BCUT2D eigenvalue weighted by atomic mass is 10.0. The fourth-order valence-corrected chi connectivity index (χ4v) is 3.88. The maximum Gasteiger partial charge on any atom is 0.273 e. The molecule has 0 radical (unpaired) electrons. The van der Waals surface area contributed by atoms with Gasteiger partial charge in [0.25, 0.3) is 5.91 Å². The van der Waals surface area contributed by atoms with Crippen molar-refractivity contribution in [1.29, 1.82) is 0 Å². The van der Waals surface area contributed by atoms with Crippen LogP contribution in [-0.2, 0) is 0 Å². The summed E-state index contributed by atoms with van der Waals surface area (Å²) in [6, 6.07) is 8.84. The van der Waals surface area contributed by atoms with Gasteiger partial charge in [0.2, 0.25) is 0 Å². The van der Waals surface area contributed by atoms with E-state index >= 15 is 0 Å². The van der Waals surface area contributed by atoms with Crippen LogP contribution < -0.4 is 5.32 Å². The maximum atomic E-state index is 12.6. The highest BCUT2D eigenvalue weighted by Crippen LogP contribution is 2.29. The van der Waals surface area contributed by atoms with Gasteiger partial charge < -0.3 is 10.2 Å². The number of nitrogens with one attached hydrogen (secondary N) is 1. The Labute approximate surface area is 155 Å². The number of aromatic nitrogens is 3. The van der Waals surface area contributed by atoms with Crippen molar-refractivity contribution in [1.82, 2.24) is 25.2 Å². The van der Waals surface area contributed by atoms with Crippen LogP contribution in [0.5, 0.6) is 0 Å². The summed E-state index contributed by atoms with van der Waals surface area (Å²) in [7, 11) is 0. The Bertz CT molecular complexity index is 778. The number of halogens is 1. The lowest BCUT2D eigenvalue weighted by molar-refractivity contribution is 0.0903. The topological polar surface area (TPSA) is 63.1 Å².